The van der Waals surface area contributed by atoms with Crippen molar-refractivity contribution in [2.45, 2.75) is 6.92 Å². The van der Waals surface area contributed by atoms with Crippen LogP contribution in [0.3, 0.4) is 0 Å². The van der Waals surface area contributed by atoms with Crippen molar-refractivity contribution >= 4 is 28.3 Å². The molecule has 0 aliphatic rings. The van der Waals surface area contributed by atoms with Crippen molar-refractivity contribution in [3.63, 3.8) is 0 Å². The maximum absolute atomic E-state index is 12.7. The van der Waals surface area contributed by atoms with Crippen LogP contribution >= 0.6 is 0 Å². The van der Waals surface area contributed by atoms with Gasteiger partial charge in [0.05, 0.1) is 11.5 Å². The van der Waals surface area contributed by atoms with Crippen molar-refractivity contribution < 1.29 is 14.5 Å². The highest BCUT2D eigenvalue weighted by molar-refractivity contribution is 6.15. The predicted molar refractivity (Wildman–Crippen MR) is 106 cm³/mol. The maximum Gasteiger partial charge on any atom is 0.270 e. The molecule has 0 unspecified atom stereocenters. The molecule has 6 nitrogen and oxygen atoms in total. The highest BCUT2D eigenvalue weighted by Crippen LogP contribution is 2.30. The monoisotopic (exact) mass is 372 g/mol. The average molecular weight is 372 g/mol. The third kappa shape index (κ3) is 3.74. The molecular formula is C22H16N2O4. The number of ether oxygens (including phenoxy) is 1. The van der Waals surface area contributed by atoms with Gasteiger partial charge in [0, 0.05) is 23.1 Å². The quantitative estimate of drug-likeness (QED) is 0.201. The molecule has 3 aromatic rings. The lowest BCUT2D eigenvalue weighted by Gasteiger charge is -2.10. The summed E-state index contributed by atoms with van der Waals surface area (Å²) in [6.07, 6.45) is 1.50. The summed E-state index contributed by atoms with van der Waals surface area (Å²) in [5.41, 5.74) is 0.482. The van der Waals surface area contributed by atoms with Crippen molar-refractivity contribution in [3.8, 4) is 11.8 Å². The van der Waals surface area contributed by atoms with Crippen LogP contribution < -0.4 is 4.74 Å². The van der Waals surface area contributed by atoms with E-state index in [4.69, 9.17) is 4.74 Å². The predicted octanol–water partition coefficient (Wildman–Crippen LogP) is 4.94. The summed E-state index contributed by atoms with van der Waals surface area (Å²) in [4.78, 5) is 23.1. The number of benzene rings is 3. The highest BCUT2D eigenvalue weighted by Gasteiger charge is 2.16. The van der Waals surface area contributed by atoms with Crippen molar-refractivity contribution in [1.82, 2.24) is 0 Å². The second-order valence-electron chi connectivity index (χ2n) is 5.94. The minimum Gasteiger partial charge on any atom is -0.493 e. The Morgan fingerprint density at radius 3 is 2.57 bits per heavy atom. The Morgan fingerprint density at radius 2 is 1.89 bits per heavy atom. The Kier molecular flexibility index (Phi) is 5.47. The van der Waals surface area contributed by atoms with Gasteiger partial charge in [0.25, 0.3) is 5.69 Å². The van der Waals surface area contributed by atoms with Gasteiger partial charge in [-0.2, -0.15) is 5.26 Å². The summed E-state index contributed by atoms with van der Waals surface area (Å²) >= 11 is 0. The van der Waals surface area contributed by atoms with Gasteiger partial charge in [-0.3, -0.25) is 14.9 Å². The number of fused-ring (bicyclic) bond motifs is 1. The summed E-state index contributed by atoms with van der Waals surface area (Å²) in [7, 11) is 0. The van der Waals surface area contributed by atoms with E-state index >= 15 is 0 Å². The smallest absolute Gasteiger partial charge is 0.270 e. The van der Waals surface area contributed by atoms with Crippen LogP contribution in [0.15, 0.2) is 66.2 Å². The third-order valence-corrected chi connectivity index (χ3v) is 4.20. The molecule has 0 saturated carbocycles. The van der Waals surface area contributed by atoms with Crippen LogP contribution in [0, 0.1) is 21.4 Å². The zero-order valence-electron chi connectivity index (χ0n) is 15.1. The first-order valence-electron chi connectivity index (χ1n) is 8.60. The van der Waals surface area contributed by atoms with E-state index in [9.17, 15) is 20.2 Å². The fraction of sp³-hybridized carbons (Fsp3) is 0.0909. The number of carbonyl (C=O) groups excluding carboxylic acids is 1. The maximum atomic E-state index is 12.7. The molecule has 0 heterocycles. The normalized spacial score (nSPS) is 11.1. The zero-order valence-corrected chi connectivity index (χ0v) is 15.1. The van der Waals surface area contributed by atoms with Crippen LogP contribution in [0.2, 0.25) is 0 Å². The number of hydrogen-bond donors (Lipinski definition) is 0. The molecule has 138 valence electrons. The number of hydrogen-bond acceptors (Lipinski definition) is 5. The fourth-order valence-corrected chi connectivity index (χ4v) is 2.92. The molecule has 0 fully saturated rings. The lowest BCUT2D eigenvalue weighted by molar-refractivity contribution is -0.384. The first-order valence-corrected chi connectivity index (χ1v) is 8.60. The zero-order chi connectivity index (χ0) is 20.1. The number of nitro benzene ring substituents is 1. The van der Waals surface area contributed by atoms with Gasteiger partial charge in [0.2, 0.25) is 5.78 Å². The number of ketones is 1. The molecule has 0 atom stereocenters. The van der Waals surface area contributed by atoms with Gasteiger partial charge < -0.3 is 4.74 Å². The topological polar surface area (TPSA) is 93.2 Å². The Bertz CT molecular complexity index is 1140. The van der Waals surface area contributed by atoms with E-state index in [0.29, 0.717) is 12.2 Å². The van der Waals surface area contributed by atoms with Crippen LogP contribution in [0.5, 0.6) is 5.75 Å². The summed E-state index contributed by atoms with van der Waals surface area (Å²) in [5.74, 6) is 0.155. The largest absolute Gasteiger partial charge is 0.493 e. The lowest BCUT2D eigenvalue weighted by Crippen LogP contribution is -2.03. The van der Waals surface area contributed by atoms with Crippen LogP contribution in [-0.4, -0.2) is 17.3 Å². The molecule has 0 aromatic heterocycles. The Hall–Kier alpha value is -3.98. The molecule has 0 bridgehead atoms. The molecule has 0 aliphatic heterocycles. The number of nitro groups is 1. The number of carbonyl (C=O) groups is 1. The molecule has 3 rings (SSSR count). The number of non-ortho nitro benzene ring substituents is 1. The average Bonchev–Trinajstić information content (AvgIpc) is 2.73. The van der Waals surface area contributed by atoms with Gasteiger partial charge in [0.1, 0.15) is 17.4 Å². The minimum absolute atomic E-state index is 0.0947. The van der Waals surface area contributed by atoms with Gasteiger partial charge >= 0.3 is 0 Å². The molecule has 28 heavy (non-hydrogen) atoms. The van der Waals surface area contributed by atoms with E-state index in [1.165, 1.54) is 30.3 Å². The SMILES string of the molecule is CCOc1ccc(/C=C(\C#N)C(=O)c2cccc([N+](=O)[O-])c2)c2ccccc12. The van der Waals surface area contributed by atoms with Crippen molar-refractivity contribution in [2.24, 2.45) is 0 Å². The first kappa shape index (κ1) is 18.8. The second kappa shape index (κ2) is 8.14. The van der Waals surface area contributed by atoms with Gasteiger partial charge in [-0.15, -0.1) is 0 Å². The number of nitrogens with zero attached hydrogens (tertiary/aromatic N) is 2. The van der Waals surface area contributed by atoms with E-state index in [1.807, 2.05) is 37.3 Å². The Labute approximate surface area is 161 Å². The van der Waals surface area contributed by atoms with Crippen molar-refractivity contribution in [3.05, 3.63) is 87.5 Å². The van der Waals surface area contributed by atoms with Gasteiger partial charge in [-0.05, 0) is 30.0 Å². The van der Waals surface area contributed by atoms with Crippen LogP contribution in [0.25, 0.3) is 16.8 Å². The summed E-state index contributed by atoms with van der Waals surface area (Å²) in [5, 5.41) is 22.2. The van der Waals surface area contributed by atoms with Crippen molar-refractivity contribution in [1.29, 1.82) is 5.26 Å². The Balaban J connectivity index is 2.07. The number of allylic oxidation sites excluding steroid dienone is 1. The van der Waals surface area contributed by atoms with Crippen molar-refractivity contribution in [2.75, 3.05) is 6.61 Å². The van der Waals surface area contributed by atoms with E-state index in [2.05, 4.69) is 0 Å². The van der Waals surface area contributed by atoms with E-state index < -0.39 is 10.7 Å². The summed E-state index contributed by atoms with van der Waals surface area (Å²) in [6, 6.07) is 18.4. The second-order valence-corrected chi connectivity index (χ2v) is 5.94. The molecule has 0 N–H and O–H groups in total. The first-order chi connectivity index (χ1) is 13.5. The Morgan fingerprint density at radius 1 is 1.14 bits per heavy atom. The number of Topliss-reactive ketones (excluding diaryl/α,β-unsaturated/α-hetero) is 1. The highest BCUT2D eigenvalue weighted by atomic mass is 16.6. The molecule has 0 aliphatic carbocycles. The minimum atomic E-state index is -0.577. The molecule has 6 heteroatoms. The molecule has 3 aromatic carbocycles. The lowest BCUT2D eigenvalue weighted by atomic mass is 9.98. The van der Waals surface area contributed by atoms with Gasteiger partial charge in [0.15, 0.2) is 0 Å². The standard InChI is InChI=1S/C22H16N2O4/c1-2-28-21-11-10-15(19-8-3-4-9-20(19)21)12-17(14-23)22(25)16-6-5-7-18(13-16)24(26)27/h3-13H,2H2,1H3/b17-12+. The summed E-state index contributed by atoms with van der Waals surface area (Å²) < 4.78 is 5.64. The number of rotatable bonds is 6. The molecule has 0 amide bonds. The van der Waals surface area contributed by atoms with Crippen LogP contribution in [0.1, 0.15) is 22.8 Å². The van der Waals surface area contributed by atoms with E-state index in [0.717, 1.165) is 16.5 Å². The molecular weight excluding hydrogens is 356 g/mol. The third-order valence-electron chi connectivity index (χ3n) is 4.20. The van der Waals surface area contributed by atoms with Crippen LogP contribution in [-0.2, 0) is 0 Å². The molecule has 0 spiro atoms. The molecule has 0 saturated heterocycles. The summed E-state index contributed by atoms with van der Waals surface area (Å²) in [6.45, 7) is 2.42. The van der Waals surface area contributed by atoms with Gasteiger partial charge in [-0.1, -0.05) is 42.5 Å². The van der Waals surface area contributed by atoms with E-state index in [1.54, 1.807) is 12.1 Å². The van der Waals surface area contributed by atoms with E-state index in [-0.39, 0.29) is 16.8 Å². The number of nitriles is 1. The fourth-order valence-electron chi connectivity index (χ4n) is 2.92. The molecule has 0 radical (unpaired) electrons. The van der Waals surface area contributed by atoms with Gasteiger partial charge in [-0.25, -0.2) is 0 Å². The van der Waals surface area contributed by atoms with Crippen LogP contribution in [0.4, 0.5) is 5.69 Å².